The fourth-order valence-electron chi connectivity index (χ4n) is 4.75. The number of nitrogens with zero attached hydrogens (tertiary/aromatic N) is 2. The molecule has 3 heterocycles. The summed E-state index contributed by atoms with van der Waals surface area (Å²) in [6.45, 7) is 0.222. The van der Waals surface area contributed by atoms with Gasteiger partial charge in [-0.25, -0.2) is 0 Å². The van der Waals surface area contributed by atoms with Crippen LogP contribution in [-0.2, 0) is 16.1 Å². The van der Waals surface area contributed by atoms with Crippen molar-refractivity contribution in [3.8, 4) is 0 Å². The first kappa shape index (κ1) is 21.6. The summed E-state index contributed by atoms with van der Waals surface area (Å²) in [5.74, 6) is -1.03. The number of benzene rings is 1. The van der Waals surface area contributed by atoms with Crippen molar-refractivity contribution in [2.45, 2.75) is 50.7 Å². The number of carbonyl (C=O) groups excluding carboxylic acids is 4. The van der Waals surface area contributed by atoms with Crippen molar-refractivity contribution in [1.82, 2.24) is 20.5 Å². The van der Waals surface area contributed by atoms with Gasteiger partial charge in [-0.05, 0) is 61.1 Å². The third-order valence-corrected chi connectivity index (χ3v) is 7.09. The van der Waals surface area contributed by atoms with Gasteiger partial charge in [-0.2, -0.15) is 0 Å². The molecule has 1 saturated carbocycles. The van der Waals surface area contributed by atoms with E-state index in [1.807, 2.05) is 0 Å². The van der Waals surface area contributed by atoms with Crippen molar-refractivity contribution in [3.63, 3.8) is 0 Å². The summed E-state index contributed by atoms with van der Waals surface area (Å²) in [6, 6.07) is 7.52. The number of piperidine rings is 1. The van der Waals surface area contributed by atoms with Gasteiger partial charge in [0.15, 0.2) is 0 Å². The zero-order valence-corrected chi connectivity index (χ0v) is 18.6. The van der Waals surface area contributed by atoms with Gasteiger partial charge in [0.25, 0.3) is 11.8 Å². The molecule has 0 bridgehead atoms. The number of hydrogen-bond donors (Lipinski definition) is 2. The average Bonchev–Trinajstić information content (AvgIpc) is 3.08. The van der Waals surface area contributed by atoms with Crippen molar-refractivity contribution >= 4 is 35.2 Å². The van der Waals surface area contributed by atoms with Gasteiger partial charge in [-0.15, -0.1) is 0 Å². The summed E-state index contributed by atoms with van der Waals surface area (Å²) >= 11 is 6.37. The van der Waals surface area contributed by atoms with Gasteiger partial charge in [0.05, 0.1) is 16.8 Å². The van der Waals surface area contributed by atoms with Gasteiger partial charge in [-0.3, -0.25) is 29.5 Å². The highest BCUT2D eigenvalue weighted by molar-refractivity contribution is 6.31. The highest BCUT2D eigenvalue weighted by Gasteiger charge is 2.39. The van der Waals surface area contributed by atoms with E-state index in [1.54, 1.807) is 36.5 Å². The Morgan fingerprint density at radius 2 is 2.00 bits per heavy atom. The van der Waals surface area contributed by atoms with Crippen LogP contribution >= 0.6 is 11.6 Å². The van der Waals surface area contributed by atoms with E-state index in [4.69, 9.17) is 11.6 Å². The number of hydrogen-bond acceptors (Lipinski definition) is 5. The third-order valence-electron chi connectivity index (χ3n) is 6.78. The second-order valence-electron chi connectivity index (χ2n) is 8.78. The minimum Gasteiger partial charge on any atom is -0.343 e. The SMILES string of the molecule is O=C1CC[C@H](N2Cc3cc(C(=O)N[C@H](c4ncccc4Cl)C4CCC4)ccc3C2=O)C(=O)N1. The third kappa shape index (κ3) is 3.99. The lowest BCUT2D eigenvalue weighted by molar-refractivity contribution is -0.136. The molecule has 2 aliphatic heterocycles. The van der Waals surface area contributed by atoms with Crippen LogP contribution in [0.1, 0.15) is 70.1 Å². The smallest absolute Gasteiger partial charge is 0.255 e. The van der Waals surface area contributed by atoms with E-state index in [-0.39, 0.29) is 42.6 Å². The molecule has 0 unspecified atom stereocenters. The molecule has 1 aromatic carbocycles. The fraction of sp³-hybridized carbons (Fsp3) is 0.375. The quantitative estimate of drug-likeness (QED) is 0.659. The van der Waals surface area contributed by atoms with E-state index in [2.05, 4.69) is 15.6 Å². The highest BCUT2D eigenvalue weighted by Crippen LogP contribution is 2.39. The number of pyridine rings is 1. The van der Waals surface area contributed by atoms with Crippen LogP contribution in [0.25, 0.3) is 0 Å². The van der Waals surface area contributed by atoms with Crippen LogP contribution in [0.15, 0.2) is 36.5 Å². The molecule has 2 atom stereocenters. The second-order valence-corrected chi connectivity index (χ2v) is 9.19. The Kier molecular flexibility index (Phi) is 5.62. The molecule has 170 valence electrons. The lowest BCUT2D eigenvalue weighted by atomic mass is 9.78. The molecule has 8 nitrogen and oxygen atoms in total. The van der Waals surface area contributed by atoms with Crippen LogP contribution in [0.3, 0.4) is 0 Å². The molecule has 5 rings (SSSR count). The predicted octanol–water partition coefficient (Wildman–Crippen LogP) is 2.77. The summed E-state index contributed by atoms with van der Waals surface area (Å²) in [4.78, 5) is 55.6. The molecular weight excluding hydrogens is 444 g/mol. The van der Waals surface area contributed by atoms with E-state index in [0.29, 0.717) is 33.8 Å². The van der Waals surface area contributed by atoms with Crippen LogP contribution in [-0.4, -0.2) is 39.6 Å². The van der Waals surface area contributed by atoms with E-state index in [0.717, 1.165) is 19.3 Å². The predicted molar refractivity (Wildman–Crippen MR) is 119 cm³/mol. The lowest BCUT2D eigenvalue weighted by Crippen LogP contribution is -2.52. The molecule has 0 spiro atoms. The number of aromatic nitrogens is 1. The molecule has 2 aromatic rings. The van der Waals surface area contributed by atoms with E-state index in [1.165, 1.54) is 4.90 Å². The van der Waals surface area contributed by atoms with Gasteiger partial charge < -0.3 is 10.2 Å². The Hall–Kier alpha value is -3.26. The minimum absolute atomic E-state index is 0.197. The van der Waals surface area contributed by atoms with Gasteiger partial charge in [0, 0.05) is 30.3 Å². The fourth-order valence-corrected chi connectivity index (χ4v) is 4.99. The topological polar surface area (TPSA) is 108 Å². The van der Waals surface area contributed by atoms with Crippen molar-refractivity contribution in [3.05, 3.63) is 63.9 Å². The zero-order chi connectivity index (χ0) is 23.1. The first-order chi connectivity index (χ1) is 15.9. The molecule has 2 fully saturated rings. The molecule has 2 N–H and O–H groups in total. The maximum Gasteiger partial charge on any atom is 0.255 e. The molecule has 1 aliphatic carbocycles. The van der Waals surface area contributed by atoms with Crippen molar-refractivity contribution in [2.24, 2.45) is 5.92 Å². The van der Waals surface area contributed by atoms with Gasteiger partial charge in [0.2, 0.25) is 11.8 Å². The molecule has 1 aromatic heterocycles. The number of nitrogens with one attached hydrogen (secondary N) is 2. The van der Waals surface area contributed by atoms with E-state index >= 15 is 0 Å². The Morgan fingerprint density at radius 1 is 1.18 bits per heavy atom. The molecule has 1 saturated heterocycles. The van der Waals surface area contributed by atoms with Gasteiger partial charge in [0.1, 0.15) is 6.04 Å². The number of carbonyl (C=O) groups is 4. The van der Waals surface area contributed by atoms with Crippen LogP contribution in [0.2, 0.25) is 5.02 Å². The van der Waals surface area contributed by atoms with Crippen LogP contribution < -0.4 is 10.6 Å². The maximum atomic E-state index is 13.2. The number of amides is 4. The van der Waals surface area contributed by atoms with Gasteiger partial charge >= 0.3 is 0 Å². The minimum atomic E-state index is -0.686. The van der Waals surface area contributed by atoms with Crippen molar-refractivity contribution in [2.75, 3.05) is 0 Å². The molecule has 9 heteroatoms. The van der Waals surface area contributed by atoms with Crippen LogP contribution in [0, 0.1) is 5.92 Å². The lowest BCUT2D eigenvalue weighted by Gasteiger charge is -2.34. The van der Waals surface area contributed by atoms with Crippen molar-refractivity contribution in [1.29, 1.82) is 0 Å². The monoisotopic (exact) mass is 466 g/mol. The molecule has 3 aliphatic rings. The summed E-state index contributed by atoms with van der Waals surface area (Å²) in [7, 11) is 0. The Morgan fingerprint density at radius 3 is 2.70 bits per heavy atom. The zero-order valence-electron chi connectivity index (χ0n) is 17.8. The molecule has 33 heavy (non-hydrogen) atoms. The van der Waals surface area contributed by atoms with Crippen LogP contribution in [0.4, 0.5) is 0 Å². The van der Waals surface area contributed by atoms with Gasteiger partial charge in [-0.1, -0.05) is 18.0 Å². The second kappa shape index (κ2) is 8.59. The summed E-state index contributed by atoms with van der Waals surface area (Å²) in [6.07, 6.45) is 5.27. The number of rotatable bonds is 5. The summed E-state index contributed by atoms with van der Waals surface area (Å²) in [5, 5.41) is 5.91. The summed E-state index contributed by atoms with van der Waals surface area (Å²) < 4.78 is 0. The van der Waals surface area contributed by atoms with E-state index < -0.39 is 11.9 Å². The van der Waals surface area contributed by atoms with E-state index in [9.17, 15) is 19.2 Å². The Bertz CT molecular complexity index is 1160. The summed E-state index contributed by atoms with van der Waals surface area (Å²) in [5.41, 5.74) is 2.26. The molecular formula is C24H23ClN4O4. The number of halogens is 1. The first-order valence-electron chi connectivity index (χ1n) is 11.1. The Labute approximate surface area is 195 Å². The Balaban J connectivity index is 1.35. The molecule has 0 radical (unpaired) electrons. The standard InChI is InChI=1S/C24H23ClN4O4/c25-17-5-2-10-26-21(17)20(13-3-1-4-13)28-22(31)14-6-7-16-15(11-14)12-29(24(16)33)18-8-9-19(30)27-23(18)32/h2,5-7,10-11,13,18,20H,1,3-4,8-9,12H2,(H,28,31)(H,27,30,32)/t18-,20-/m0/s1. The maximum absolute atomic E-state index is 13.2. The average molecular weight is 467 g/mol. The number of imide groups is 1. The molecule has 4 amide bonds. The normalized spacial score (nSPS) is 21.3. The first-order valence-corrected chi connectivity index (χ1v) is 11.5. The largest absolute Gasteiger partial charge is 0.343 e. The van der Waals surface area contributed by atoms with Crippen molar-refractivity contribution < 1.29 is 19.2 Å². The van der Waals surface area contributed by atoms with Crippen LogP contribution in [0.5, 0.6) is 0 Å². The highest BCUT2D eigenvalue weighted by atomic mass is 35.5. The number of fused-ring (bicyclic) bond motifs is 1.